The lowest BCUT2D eigenvalue weighted by Crippen LogP contribution is -2.31. The Bertz CT molecular complexity index is 1010. The topological polar surface area (TPSA) is 101 Å². The number of hydrogen-bond acceptors (Lipinski definition) is 6. The van der Waals surface area contributed by atoms with E-state index in [2.05, 4.69) is 9.97 Å². The van der Waals surface area contributed by atoms with E-state index in [9.17, 15) is 18.0 Å². The smallest absolute Gasteiger partial charge is 0.266 e. The van der Waals surface area contributed by atoms with Crippen molar-refractivity contribution in [3.8, 4) is 0 Å². The van der Waals surface area contributed by atoms with Crippen LogP contribution in [0.1, 0.15) is 25.2 Å². The largest absolute Gasteiger partial charge is 0.274 e. The van der Waals surface area contributed by atoms with E-state index in [1.165, 1.54) is 31.3 Å². The Balaban J connectivity index is 1.92. The normalized spacial score (nSPS) is 20.0. The third kappa shape index (κ3) is 3.26. The van der Waals surface area contributed by atoms with Crippen LogP contribution in [0.4, 0.5) is 11.6 Å². The molecule has 1 aromatic carbocycles. The number of anilines is 2. The number of aryl methyl sites for hydroxylation is 2. The summed E-state index contributed by atoms with van der Waals surface area (Å²) in [5, 5.41) is 0. The molecule has 2 amide bonds. The zero-order chi connectivity index (χ0) is 20.8. The molecule has 0 bridgehead atoms. The van der Waals surface area contributed by atoms with Gasteiger partial charge in [0, 0.05) is 30.3 Å². The van der Waals surface area contributed by atoms with Crippen LogP contribution in [0, 0.1) is 25.7 Å². The molecule has 3 rings (SSSR count). The van der Waals surface area contributed by atoms with E-state index in [0.29, 0.717) is 17.1 Å². The number of sulfonamides is 1. The van der Waals surface area contributed by atoms with Gasteiger partial charge in [-0.05, 0) is 44.2 Å². The van der Waals surface area contributed by atoms with Gasteiger partial charge in [-0.3, -0.25) is 14.5 Å². The van der Waals surface area contributed by atoms with Gasteiger partial charge in [-0.2, -0.15) is 0 Å². The highest BCUT2D eigenvalue weighted by Gasteiger charge is 2.43. The molecule has 0 saturated carbocycles. The second-order valence-corrected chi connectivity index (χ2v) is 8.98. The van der Waals surface area contributed by atoms with Crippen molar-refractivity contribution >= 4 is 33.5 Å². The highest BCUT2D eigenvalue weighted by atomic mass is 32.2. The van der Waals surface area contributed by atoms with E-state index in [1.807, 2.05) is 0 Å². The predicted octanol–water partition coefficient (Wildman–Crippen LogP) is 2.06. The average molecular weight is 402 g/mol. The summed E-state index contributed by atoms with van der Waals surface area (Å²) in [6.07, 6.45) is 0. The van der Waals surface area contributed by atoms with Crippen LogP contribution in [0.5, 0.6) is 0 Å². The maximum absolute atomic E-state index is 12.9. The van der Waals surface area contributed by atoms with E-state index in [4.69, 9.17) is 0 Å². The van der Waals surface area contributed by atoms with Crippen LogP contribution in [0.3, 0.4) is 0 Å². The van der Waals surface area contributed by atoms with Gasteiger partial charge in [0.05, 0.1) is 10.6 Å². The van der Waals surface area contributed by atoms with Gasteiger partial charge >= 0.3 is 0 Å². The van der Waals surface area contributed by atoms with Crippen LogP contribution in [-0.4, -0.2) is 37.2 Å². The van der Waals surface area contributed by atoms with Gasteiger partial charge in [-0.1, -0.05) is 13.8 Å². The molecule has 1 fully saturated rings. The molecule has 1 aliphatic rings. The molecule has 9 heteroatoms. The molecule has 2 unspecified atom stereocenters. The van der Waals surface area contributed by atoms with Crippen LogP contribution >= 0.6 is 0 Å². The lowest BCUT2D eigenvalue weighted by Gasteiger charge is -2.19. The number of rotatable bonds is 4. The summed E-state index contributed by atoms with van der Waals surface area (Å²) in [6, 6.07) is 7.42. The maximum Gasteiger partial charge on any atom is 0.266 e. The van der Waals surface area contributed by atoms with Crippen molar-refractivity contribution in [2.24, 2.45) is 11.8 Å². The summed E-state index contributed by atoms with van der Waals surface area (Å²) >= 11 is 0. The Morgan fingerprint density at radius 2 is 1.39 bits per heavy atom. The first-order valence-corrected chi connectivity index (χ1v) is 10.3. The number of benzene rings is 1. The zero-order valence-corrected chi connectivity index (χ0v) is 17.2. The summed E-state index contributed by atoms with van der Waals surface area (Å²) < 4.78 is 26.9. The van der Waals surface area contributed by atoms with Crippen molar-refractivity contribution < 1.29 is 18.0 Å². The highest BCUT2D eigenvalue weighted by Crippen LogP contribution is 2.31. The Morgan fingerprint density at radius 3 is 1.86 bits per heavy atom. The number of aromatic nitrogens is 2. The zero-order valence-electron chi connectivity index (χ0n) is 16.4. The van der Waals surface area contributed by atoms with Gasteiger partial charge in [0.15, 0.2) is 0 Å². The second kappa shape index (κ2) is 6.97. The molecular formula is C19H22N4O4S. The van der Waals surface area contributed by atoms with E-state index in [-0.39, 0.29) is 22.7 Å². The van der Waals surface area contributed by atoms with Crippen LogP contribution in [0.2, 0.25) is 0 Å². The molecule has 148 valence electrons. The number of amides is 2. The molecule has 2 atom stereocenters. The van der Waals surface area contributed by atoms with E-state index in [0.717, 1.165) is 9.21 Å². The number of carbonyl (C=O) groups excluding carboxylic acids is 2. The van der Waals surface area contributed by atoms with Gasteiger partial charge in [0.2, 0.25) is 17.8 Å². The molecule has 2 aromatic rings. The Kier molecular flexibility index (Phi) is 4.97. The standard InChI is InChI=1S/C19H22N4O4S/c1-11-10-12(2)21-19(20-11)22(5)28(26,27)16-8-6-15(7-9-16)23-17(24)13(3)14(4)18(23)25/h6-10,13-14H,1-5H3. The number of hydrogen-bond donors (Lipinski definition) is 0. The lowest BCUT2D eigenvalue weighted by atomic mass is 10.00. The Hall–Kier alpha value is -2.81. The molecular weight excluding hydrogens is 380 g/mol. The SMILES string of the molecule is Cc1cc(C)nc(N(C)S(=O)(=O)c2ccc(N3C(=O)C(C)C(C)C3=O)cc2)n1. The first-order valence-electron chi connectivity index (χ1n) is 8.83. The van der Waals surface area contributed by atoms with Crippen LogP contribution in [-0.2, 0) is 19.6 Å². The molecule has 0 aliphatic carbocycles. The van der Waals surface area contributed by atoms with E-state index >= 15 is 0 Å². The fourth-order valence-corrected chi connectivity index (χ4v) is 4.17. The summed E-state index contributed by atoms with van der Waals surface area (Å²) in [5.74, 6) is -1.29. The fraction of sp³-hybridized carbons (Fsp3) is 0.368. The van der Waals surface area contributed by atoms with Crippen LogP contribution in [0.15, 0.2) is 35.2 Å². The Morgan fingerprint density at radius 1 is 0.929 bits per heavy atom. The molecule has 0 radical (unpaired) electrons. The number of carbonyl (C=O) groups is 2. The highest BCUT2D eigenvalue weighted by molar-refractivity contribution is 7.92. The van der Waals surface area contributed by atoms with Gasteiger partial charge < -0.3 is 0 Å². The minimum Gasteiger partial charge on any atom is -0.274 e. The van der Waals surface area contributed by atoms with Crippen molar-refractivity contribution in [1.82, 2.24) is 9.97 Å². The molecule has 0 spiro atoms. The van der Waals surface area contributed by atoms with Gasteiger partial charge in [0.1, 0.15) is 0 Å². The number of nitrogens with zero attached hydrogens (tertiary/aromatic N) is 4. The summed E-state index contributed by atoms with van der Waals surface area (Å²) in [5.41, 5.74) is 1.68. The van der Waals surface area contributed by atoms with Crippen molar-refractivity contribution in [1.29, 1.82) is 0 Å². The van der Waals surface area contributed by atoms with Crippen molar-refractivity contribution in [2.75, 3.05) is 16.3 Å². The molecule has 1 saturated heterocycles. The minimum absolute atomic E-state index is 0.0155. The number of imide groups is 1. The minimum atomic E-state index is -3.89. The molecule has 1 aromatic heterocycles. The third-order valence-corrected chi connectivity index (χ3v) is 6.73. The van der Waals surface area contributed by atoms with Crippen molar-refractivity contribution in [3.63, 3.8) is 0 Å². The van der Waals surface area contributed by atoms with Crippen LogP contribution < -0.4 is 9.21 Å². The van der Waals surface area contributed by atoms with Gasteiger partial charge in [-0.25, -0.2) is 22.7 Å². The quantitative estimate of drug-likeness (QED) is 0.726. The molecule has 2 heterocycles. The van der Waals surface area contributed by atoms with Crippen LogP contribution in [0.25, 0.3) is 0 Å². The summed E-state index contributed by atoms with van der Waals surface area (Å²) in [7, 11) is -2.51. The second-order valence-electron chi connectivity index (χ2n) is 7.01. The van der Waals surface area contributed by atoms with Gasteiger partial charge in [-0.15, -0.1) is 0 Å². The monoisotopic (exact) mass is 402 g/mol. The average Bonchev–Trinajstić information content (AvgIpc) is 2.83. The lowest BCUT2D eigenvalue weighted by molar-refractivity contribution is -0.122. The molecule has 1 aliphatic heterocycles. The molecule has 8 nitrogen and oxygen atoms in total. The maximum atomic E-state index is 12.9. The fourth-order valence-electron chi connectivity index (χ4n) is 3.08. The molecule has 28 heavy (non-hydrogen) atoms. The summed E-state index contributed by atoms with van der Waals surface area (Å²) in [6.45, 7) is 6.95. The van der Waals surface area contributed by atoms with Crippen molar-refractivity contribution in [2.45, 2.75) is 32.6 Å². The third-order valence-electron chi connectivity index (χ3n) is 4.98. The van der Waals surface area contributed by atoms with E-state index in [1.54, 1.807) is 33.8 Å². The summed E-state index contributed by atoms with van der Waals surface area (Å²) in [4.78, 5) is 34.1. The predicted molar refractivity (Wildman–Crippen MR) is 104 cm³/mol. The molecule has 0 N–H and O–H groups in total. The van der Waals surface area contributed by atoms with Crippen molar-refractivity contribution in [3.05, 3.63) is 41.7 Å². The van der Waals surface area contributed by atoms with E-state index < -0.39 is 21.9 Å². The van der Waals surface area contributed by atoms with Gasteiger partial charge in [0.25, 0.3) is 10.0 Å². The first kappa shape index (κ1) is 19.9. The Labute approximate surface area is 164 Å². The first-order chi connectivity index (χ1) is 13.0.